The summed E-state index contributed by atoms with van der Waals surface area (Å²) in [5.41, 5.74) is 1.26. The van der Waals surface area contributed by atoms with Crippen LogP contribution in [0.4, 0.5) is 0 Å². The van der Waals surface area contributed by atoms with Gasteiger partial charge in [-0.2, -0.15) is 0 Å². The standard InChI is InChI=1S/C20H26N4O2S/c1-12-10-14(12)20(26)24-8-6-23(7-9-24)11-16-21-18(25)17-13-4-2-3-5-15(13)27-19(17)22-16/h12,14H,2-11H2,1H3,(H,21,22,25)/t12-,14-/m1/s1. The fourth-order valence-corrected chi connectivity index (χ4v) is 5.80. The van der Waals surface area contributed by atoms with E-state index < -0.39 is 0 Å². The molecule has 27 heavy (non-hydrogen) atoms. The highest BCUT2D eigenvalue weighted by Gasteiger charge is 2.41. The highest BCUT2D eigenvalue weighted by atomic mass is 32.1. The molecule has 3 heterocycles. The van der Waals surface area contributed by atoms with Crippen LogP contribution < -0.4 is 5.56 Å². The lowest BCUT2D eigenvalue weighted by atomic mass is 9.97. The number of H-pyrrole nitrogens is 1. The van der Waals surface area contributed by atoms with Crippen molar-refractivity contribution in [2.45, 2.75) is 45.6 Å². The van der Waals surface area contributed by atoms with E-state index in [-0.39, 0.29) is 11.5 Å². The summed E-state index contributed by atoms with van der Waals surface area (Å²) >= 11 is 1.70. The third-order valence-corrected chi connectivity index (χ3v) is 7.54. The highest BCUT2D eigenvalue weighted by Crippen LogP contribution is 2.39. The number of nitrogens with zero attached hydrogens (tertiary/aromatic N) is 3. The predicted molar refractivity (Wildman–Crippen MR) is 106 cm³/mol. The molecule has 2 aliphatic carbocycles. The van der Waals surface area contributed by atoms with Crippen LogP contribution in [0.5, 0.6) is 0 Å². The summed E-state index contributed by atoms with van der Waals surface area (Å²) in [4.78, 5) is 39.4. The summed E-state index contributed by atoms with van der Waals surface area (Å²) in [6, 6.07) is 0. The molecule has 6 nitrogen and oxygen atoms in total. The Kier molecular flexibility index (Phi) is 4.31. The molecule has 2 atom stereocenters. The molecule has 1 saturated heterocycles. The zero-order valence-electron chi connectivity index (χ0n) is 15.8. The molecule has 144 valence electrons. The number of carbonyl (C=O) groups excluding carboxylic acids is 1. The second kappa shape index (κ2) is 6.71. The van der Waals surface area contributed by atoms with Gasteiger partial charge in [0.15, 0.2) is 0 Å². The zero-order valence-corrected chi connectivity index (χ0v) is 16.6. The van der Waals surface area contributed by atoms with Gasteiger partial charge in [0, 0.05) is 37.0 Å². The second-order valence-corrected chi connectivity index (χ2v) is 9.41. The van der Waals surface area contributed by atoms with Crippen molar-refractivity contribution < 1.29 is 4.79 Å². The summed E-state index contributed by atoms with van der Waals surface area (Å²) in [7, 11) is 0. The first-order valence-electron chi connectivity index (χ1n) is 10.1. The first kappa shape index (κ1) is 17.4. The van der Waals surface area contributed by atoms with Gasteiger partial charge in [0.2, 0.25) is 5.91 Å². The van der Waals surface area contributed by atoms with Gasteiger partial charge in [-0.25, -0.2) is 4.98 Å². The van der Waals surface area contributed by atoms with E-state index in [0.717, 1.165) is 61.5 Å². The van der Waals surface area contributed by atoms with Gasteiger partial charge < -0.3 is 9.88 Å². The van der Waals surface area contributed by atoms with Gasteiger partial charge in [0.1, 0.15) is 10.7 Å². The number of amides is 1. The minimum absolute atomic E-state index is 0.0194. The van der Waals surface area contributed by atoms with Crippen LogP contribution in [0.3, 0.4) is 0 Å². The Bertz CT molecular complexity index is 941. The van der Waals surface area contributed by atoms with Crippen LogP contribution in [0.25, 0.3) is 10.2 Å². The fraction of sp³-hybridized carbons (Fsp3) is 0.650. The molecule has 2 aromatic heterocycles. The number of hydrogen-bond acceptors (Lipinski definition) is 5. The number of rotatable bonds is 3. The zero-order chi connectivity index (χ0) is 18.5. The number of thiophene rings is 1. The van der Waals surface area contributed by atoms with Crippen molar-refractivity contribution in [1.82, 2.24) is 19.8 Å². The number of aryl methyl sites for hydroxylation is 2. The maximum Gasteiger partial charge on any atom is 0.259 e. The Morgan fingerprint density at radius 1 is 1.22 bits per heavy atom. The molecule has 0 radical (unpaired) electrons. The first-order chi connectivity index (χ1) is 13.1. The summed E-state index contributed by atoms with van der Waals surface area (Å²) < 4.78 is 0. The summed E-state index contributed by atoms with van der Waals surface area (Å²) in [6.07, 6.45) is 5.53. The third kappa shape index (κ3) is 3.21. The lowest BCUT2D eigenvalue weighted by Gasteiger charge is -2.34. The summed E-state index contributed by atoms with van der Waals surface area (Å²) in [5.74, 6) is 1.91. The van der Waals surface area contributed by atoms with Gasteiger partial charge in [0.05, 0.1) is 11.9 Å². The lowest BCUT2D eigenvalue weighted by Crippen LogP contribution is -2.49. The Labute approximate surface area is 162 Å². The van der Waals surface area contributed by atoms with E-state index in [1.807, 2.05) is 4.90 Å². The normalized spacial score (nSPS) is 25.6. The number of piperazine rings is 1. The van der Waals surface area contributed by atoms with E-state index in [1.54, 1.807) is 11.3 Å². The van der Waals surface area contributed by atoms with E-state index in [4.69, 9.17) is 4.98 Å². The van der Waals surface area contributed by atoms with Gasteiger partial charge >= 0.3 is 0 Å². The van der Waals surface area contributed by atoms with Crippen molar-refractivity contribution >= 4 is 27.5 Å². The van der Waals surface area contributed by atoms with Crippen LogP contribution in [0.1, 0.15) is 42.5 Å². The molecule has 1 saturated carbocycles. The Balaban J connectivity index is 1.28. The average Bonchev–Trinajstić information content (AvgIpc) is 3.27. The van der Waals surface area contributed by atoms with E-state index >= 15 is 0 Å². The van der Waals surface area contributed by atoms with E-state index in [0.29, 0.717) is 18.4 Å². The number of nitrogens with one attached hydrogen (secondary N) is 1. The lowest BCUT2D eigenvalue weighted by molar-refractivity contribution is -0.134. The molecular weight excluding hydrogens is 360 g/mol. The number of hydrogen-bond donors (Lipinski definition) is 1. The van der Waals surface area contributed by atoms with E-state index in [1.165, 1.54) is 23.3 Å². The van der Waals surface area contributed by atoms with Crippen LogP contribution in [-0.2, 0) is 24.2 Å². The largest absolute Gasteiger partial charge is 0.340 e. The number of carbonyl (C=O) groups is 1. The predicted octanol–water partition coefficient (Wildman–Crippen LogP) is 2.16. The van der Waals surface area contributed by atoms with Crippen molar-refractivity contribution in [2.24, 2.45) is 11.8 Å². The van der Waals surface area contributed by atoms with Crippen molar-refractivity contribution in [3.8, 4) is 0 Å². The minimum atomic E-state index is 0.0194. The molecule has 1 aliphatic heterocycles. The van der Waals surface area contributed by atoms with Crippen molar-refractivity contribution in [3.63, 3.8) is 0 Å². The molecule has 0 aromatic carbocycles. The van der Waals surface area contributed by atoms with Crippen molar-refractivity contribution in [3.05, 3.63) is 26.6 Å². The van der Waals surface area contributed by atoms with Gasteiger partial charge in [-0.3, -0.25) is 14.5 Å². The molecule has 5 rings (SSSR count). The molecule has 1 N–H and O–H groups in total. The third-order valence-electron chi connectivity index (χ3n) is 6.36. The molecular formula is C20H26N4O2S. The van der Waals surface area contributed by atoms with Crippen LogP contribution in [0, 0.1) is 11.8 Å². The Morgan fingerprint density at radius 2 is 1.96 bits per heavy atom. The fourth-order valence-electron chi connectivity index (χ4n) is 4.52. The summed E-state index contributed by atoms with van der Waals surface area (Å²) in [6.45, 7) is 6.05. The van der Waals surface area contributed by atoms with Crippen molar-refractivity contribution in [1.29, 1.82) is 0 Å². The SMILES string of the molecule is C[C@@H]1C[C@H]1C(=O)N1CCN(Cc2nc3sc4c(c3c(=O)[nH]2)CCCC4)CC1. The maximum absolute atomic E-state index is 12.7. The topological polar surface area (TPSA) is 69.3 Å². The first-order valence-corrected chi connectivity index (χ1v) is 11.0. The quantitative estimate of drug-likeness (QED) is 0.878. The van der Waals surface area contributed by atoms with Crippen LogP contribution >= 0.6 is 11.3 Å². The molecule has 2 fully saturated rings. The number of fused-ring (bicyclic) bond motifs is 3. The van der Waals surface area contributed by atoms with Gasteiger partial charge in [-0.15, -0.1) is 11.3 Å². The van der Waals surface area contributed by atoms with E-state index in [9.17, 15) is 9.59 Å². The molecule has 1 amide bonds. The summed E-state index contributed by atoms with van der Waals surface area (Å²) in [5, 5.41) is 0.826. The maximum atomic E-state index is 12.7. The van der Waals surface area contributed by atoms with Crippen LogP contribution in [0.15, 0.2) is 4.79 Å². The highest BCUT2D eigenvalue weighted by molar-refractivity contribution is 7.18. The monoisotopic (exact) mass is 386 g/mol. The Morgan fingerprint density at radius 3 is 2.70 bits per heavy atom. The average molecular weight is 387 g/mol. The second-order valence-electron chi connectivity index (χ2n) is 8.32. The van der Waals surface area contributed by atoms with Crippen molar-refractivity contribution in [2.75, 3.05) is 26.2 Å². The van der Waals surface area contributed by atoms with Crippen LogP contribution in [-0.4, -0.2) is 51.9 Å². The molecule has 0 bridgehead atoms. The van der Waals surface area contributed by atoms with E-state index in [2.05, 4.69) is 16.8 Å². The molecule has 0 unspecified atom stereocenters. The number of aromatic amines is 1. The molecule has 0 spiro atoms. The van der Waals surface area contributed by atoms with Gasteiger partial charge in [-0.05, 0) is 43.6 Å². The smallest absolute Gasteiger partial charge is 0.259 e. The molecule has 7 heteroatoms. The van der Waals surface area contributed by atoms with Crippen LogP contribution in [0.2, 0.25) is 0 Å². The number of aromatic nitrogens is 2. The Hall–Kier alpha value is -1.73. The molecule has 2 aromatic rings. The minimum Gasteiger partial charge on any atom is -0.340 e. The molecule has 3 aliphatic rings. The van der Waals surface area contributed by atoms with Gasteiger partial charge in [-0.1, -0.05) is 6.92 Å². The van der Waals surface area contributed by atoms with Gasteiger partial charge in [0.25, 0.3) is 5.56 Å².